The van der Waals surface area contributed by atoms with E-state index in [4.69, 9.17) is 10.2 Å². The van der Waals surface area contributed by atoms with Crippen molar-refractivity contribution < 1.29 is 24.7 Å². The summed E-state index contributed by atoms with van der Waals surface area (Å²) < 4.78 is 0. The maximum Gasteiger partial charge on any atom is 0.343 e. The molecule has 0 aliphatic heterocycles. The van der Waals surface area contributed by atoms with Crippen molar-refractivity contribution in [2.45, 2.75) is 26.2 Å². The normalized spacial score (nSPS) is 11.1. The number of carbonyl (C=O) groups is 2. The smallest absolute Gasteiger partial charge is 0.343 e. The molecular formula is C12H13NO6. The first-order chi connectivity index (χ1) is 8.55. The lowest BCUT2D eigenvalue weighted by atomic mass is 9.84. The summed E-state index contributed by atoms with van der Waals surface area (Å²) in [6.45, 7) is 5.24. The molecule has 1 aromatic rings. The van der Waals surface area contributed by atoms with E-state index < -0.39 is 39.1 Å². The monoisotopic (exact) mass is 267 g/mol. The third-order valence-electron chi connectivity index (χ3n) is 2.62. The van der Waals surface area contributed by atoms with Crippen LogP contribution in [-0.2, 0) is 5.41 Å². The van der Waals surface area contributed by atoms with Gasteiger partial charge in [0.15, 0.2) is 5.56 Å². The van der Waals surface area contributed by atoms with Crippen LogP contribution >= 0.6 is 0 Å². The minimum absolute atomic E-state index is 0.390. The van der Waals surface area contributed by atoms with Gasteiger partial charge < -0.3 is 10.2 Å². The van der Waals surface area contributed by atoms with Crippen molar-refractivity contribution in [2.24, 2.45) is 0 Å². The Kier molecular flexibility index (Phi) is 3.60. The second-order valence-electron chi connectivity index (χ2n) is 5.04. The minimum atomic E-state index is -1.63. The lowest BCUT2D eigenvalue weighted by molar-refractivity contribution is -0.385. The molecule has 7 heteroatoms. The summed E-state index contributed by atoms with van der Waals surface area (Å²) in [6, 6.07) is 2.27. The van der Waals surface area contributed by atoms with Gasteiger partial charge in [0.05, 0.1) is 10.5 Å². The standard InChI is InChI=1S/C12H13NO6/c1-12(2,3)6-4-7(10(14)15)9(11(16)17)8(5-6)13(18)19/h4-5H,1-3H3,(H,14,15)(H,16,17). The molecule has 1 rings (SSSR count). The average Bonchev–Trinajstić information content (AvgIpc) is 2.25. The Morgan fingerprint density at radius 2 is 1.68 bits per heavy atom. The van der Waals surface area contributed by atoms with Crippen molar-refractivity contribution in [3.8, 4) is 0 Å². The van der Waals surface area contributed by atoms with E-state index in [1.54, 1.807) is 20.8 Å². The second kappa shape index (κ2) is 4.68. The van der Waals surface area contributed by atoms with E-state index in [1.165, 1.54) is 6.07 Å². The van der Waals surface area contributed by atoms with Gasteiger partial charge in [0, 0.05) is 6.07 Å². The molecule has 2 N–H and O–H groups in total. The fourth-order valence-electron chi connectivity index (χ4n) is 1.60. The first-order valence-electron chi connectivity index (χ1n) is 5.35. The SMILES string of the molecule is CC(C)(C)c1cc(C(=O)O)c(C(=O)O)c([N+](=O)[O-])c1. The average molecular weight is 267 g/mol. The zero-order valence-corrected chi connectivity index (χ0v) is 10.6. The molecule has 0 aliphatic carbocycles. The van der Waals surface area contributed by atoms with Crippen LogP contribution in [0.4, 0.5) is 5.69 Å². The molecular weight excluding hydrogens is 254 g/mol. The first-order valence-corrected chi connectivity index (χ1v) is 5.35. The van der Waals surface area contributed by atoms with Crippen LogP contribution in [0.2, 0.25) is 0 Å². The lowest BCUT2D eigenvalue weighted by Gasteiger charge is -2.20. The second-order valence-corrected chi connectivity index (χ2v) is 5.04. The van der Waals surface area contributed by atoms with E-state index in [2.05, 4.69) is 0 Å². The van der Waals surface area contributed by atoms with E-state index in [0.29, 0.717) is 5.56 Å². The van der Waals surface area contributed by atoms with E-state index in [-0.39, 0.29) is 0 Å². The van der Waals surface area contributed by atoms with Gasteiger partial charge >= 0.3 is 11.9 Å². The number of hydrogen-bond donors (Lipinski definition) is 2. The fourth-order valence-corrected chi connectivity index (χ4v) is 1.60. The highest BCUT2D eigenvalue weighted by Crippen LogP contribution is 2.31. The van der Waals surface area contributed by atoms with Gasteiger partial charge in [-0.1, -0.05) is 20.8 Å². The van der Waals surface area contributed by atoms with Crippen LogP contribution in [0.1, 0.15) is 47.1 Å². The molecule has 0 aromatic heterocycles. The summed E-state index contributed by atoms with van der Waals surface area (Å²) in [6.07, 6.45) is 0. The van der Waals surface area contributed by atoms with Crippen LogP contribution in [-0.4, -0.2) is 27.1 Å². The number of carboxylic acids is 2. The third kappa shape index (κ3) is 2.87. The number of aromatic carboxylic acids is 2. The Balaban J connectivity index is 3.78. The summed E-state index contributed by atoms with van der Waals surface area (Å²) >= 11 is 0. The summed E-state index contributed by atoms with van der Waals surface area (Å²) in [7, 11) is 0. The molecule has 0 unspecified atom stereocenters. The fraction of sp³-hybridized carbons (Fsp3) is 0.333. The van der Waals surface area contributed by atoms with Gasteiger partial charge in [0.25, 0.3) is 5.69 Å². The van der Waals surface area contributed by atoms with Crippen LogP contribution in [0, 0.1) is 10.1 Å². The topological polar surface area (TPSA) is 118 Å². The number of nitro benzene ring substituents is 1. The first kappa shape index (κ1) is 14.6. The minimum Gasteiger partial charge on any atom is -0.478 e. The van der Waals surface area contributed by atoms with Crippen LogP contribution in [0.5, 0.6) is 0 Å². The van der Waals surface area contributed by atoms with Crippen molar-refractivity contribution in [1.82, 2.24) is 0 Å². The Labute approximate surface area is 108 Å². The lowest BCUT2D eigenvalue weighted by Crippen LogP contribution is -2.17. The number of nitrogens with zero attached hydrogens (tertiary/aromatic N) is 1. The highest BCUT2D eigenvalue weighted by atomic mass is 16.6. The maximum atomic E-state index is 11.1. The number of rotatable bonds is 3. The molecule has 102 valence electrons. The van der Waals surface area contributed by atoms with Crippen LogP contribution in [0.3, 0.4) is 0 Å². The summed E-state index contributed by atoms with van der Waals surface area (Å²) in [5, 5.41) is 28.9. The van der Waals surface area contributed by atoms with E-state index in [0.717, 1.165) is 6.07 Å². The van der Waals surface area contributed by atoms with E-state index in [1.807, 2.05) is 0 Å². The van der Waals surface area contributed by atoms with Crippen molar-refractivity contribution in [1.29, 1.82) is 0 Å². The van der Waals surface area contributed by atoms with Gasteiger partial charge in [0.1, 0.15) is 0 Å². The molecule has 0 amide bonds. The Hall–Kier alpha value is -2.44. The molecule has 0 atom stereocenters. The molecule has 0 radical (unpaired) electrons. The van der Waals surface area contributed by atoms with Crippen molar-refractivity contribution in [3.05, 3.63) is 38.9 Å². The van der Waals surface area contributed by atoms with Gasteiger partial charge in [0.2, 0.25) is 0 Å². The molecule has 19 heavy (non-hydrogen) atoms. The summed E-state index contributed by atoms with van der Waals surface area (Å²) in [5.41, 5.74) is -2.23. The predicted octanol–water partition coefficient (Wildman–Crippen LogP) is 2.29. The molecule has 0 saturated heterocycles. The Bertz CT molecular complexity index is 535. The number of nitro groups is 1. The highest BCUT2D eigenvalue weighted by molar-refractivity contribution is 6.05. The van der Waals surface area contributed by atoms with Crippen molar-refractivity contribution >= 4 is 17.6 Å². The molecule has 0 heterocycles. The Morgan fingerprint density at radius 1 is 1.16 bits per heavy atom. The highest BCUT2D eigenvalue weighted by Gasteiger charge is 2.30. The van der Waals surface area contributed by atoms with Crippen molar-refractivity contribution in [3.63, 3.8) is 0 Å². The van der Waals surface area contributed by atoms with Gasteiger partial charge in [-0.05, 0) is 17.0 Å². The zero-order chi connectivity index (χ0) is 15.0. The molecule has 1 aromatic carbocycles. The molecule has 7 nitrogen and oxygen atoms in total. The quantitative estimate of drug-likeness (QED) is 0.640. The molecule has 0 bridgehead atoms. The molecule has 0 spiro atoms. The number of benzene rings is 1. The molecule has 0 saturated carbocycles. The summed E-state index contributed by atoms with van der Waals surface area (Å²) in [4.78, 5) is 32.2. The van der Waals surface area contributed by atoms with Gasteiger partial charge in [-0.25, -0.2) is 9.59 Å². The van der Waals surface area contributed by atoms with Crippen molar-refractivity contribution in [2.75, 3.05) is 0 Å². The van der Waals surface area contributed by atoms with E-state index in [9.17, 15) is 19.7 Å². The van der Waals surface area contributed by atoms with E-state index >= 15 is 0 Å². The number of hydrogen-bond acceptors (Lipinski definition) is 4. The van der Waals surface area contributed by atoms with Gasteiger partial charge in [-0.2, -0.15) is 0 Å². The van der Waals surface area contributed by atoms with Crippen LogP contribution < -0.4 is 0 Å². The largest absolute Gasteiger partial charge is 0.478 e. The number of carboxylic acid groups (broad SMARTS) is 2. The molecule has 0 fully saturated rings. The predicted molar refractivity (Wildman–Crippen MR) is 65.7 cm³/mol. The maximum absolute atomic E-state index is 11.1. The zero-order valence-electron chi connectivity index (χ0n) is 10.6. The van der Waals surface area contributed by atoms with Crippen LogP contribution in [0.25, 0.3) is 0 Å². The molecule has 0 aliphatic rings. The van der Waals surface area contributed by atoms with Gasteiger partial charge in [-0.15, -0.1) is 0 Å². The third-order valence-corrected chi connectivity index (χ3v) is 2.62. The summed E-state index contributed by atoms with van der Waals surface area (Å²) in [5.74, 6) is -3.14. The van der Waals surface area contributed by atoms with Gasteiger partial charge in [-0.3, -0.25) is 10.1 Å². The van der Waals surface area contributed by atoms with Crippen LogP contribution in [0.15, 0.2) is 12.1 Å². The Morgan fingerprint density at radius 3 is 2.00 bits per heavy atom.